The van der Waals surface area contributed by atoms with Crippen molar-refractivity contribution >= 4 is 0 Å². The van der Waals surface area contributed by atoms with Gasteiger partial charge in [-0.2, -0.15) is 5.90 Å². The zero-order valence-electron chi connectivity index (χ0n) is 6.87. The van der Waals surface area contributed by atoms with Crippen LogP contribution in [0.4, 0.5) is 0 Å². The minimum absolute atomic E-state index is 0.219. The van der Waals surface area contributed by atoms with Crippen molar-refractivity contribution in [1.29, 1.82) is 0 Å². The molecule has 0 bridgehead atoms. The first kappa shape index (κ1) is 10.0. The van der Waals surface area contributed by atoms with E-state index in [0.717, 1.165) is 5.57 Å². The third-order valence-electron chi connectivity index (χ3n) is 1.39. The smallest absolute Gasteiger partial charge is 0.118 e. The van der Waals surface area contributed by atoms with Gasteiger partial charge in [0.05, 0.1) is 0 Å². The molecule has 0 spiro atoms. The van der Waals surface area contributed by atoms with Crippen LogP contribution in [0.15, 0.2) is 23.6 Å². The fraction of sp³-hybridized carbons (Fsp3) is 0.429. The third-order valence-corrected chi connectivity index (χ3v) is 1.39. The second kappa shape index (κ2) is 4.76. The second-order valence-corrected chi connectivity index (χ2v) is 2.33. The lowest BCUT2D eigenvalue weighted by atomic mass is 10.1. The fourth-order valence-electron chi connectivity index (χ4n) is 0.535. The van der Waals surface area contributed by atoms with Gasteiger partial charge in [-0.05, 0) is 31.7 Å². The minimum atomic E-state index is -0.219. The van der Waals surface area contributed by atoms with Gasteiger partial charge in [-0.25, -0.2) is 0 Å². The predicted octanol–water partition coefficient (Wildman–Crippen LogP) is -0.0297. The Labute approximate surface area is 66.6 Å². The van der Waals surface area contributed by atoms with E-state index in [2.05, 4.69) is 4.84 Å². The van der Waals surface area contributed by atoms with Crippen LogP contribution in [0, 0.1) is 0 Å². The molecule has 0 aliphatic heterocycles. The standard InChI is InChI=1S/C7H15N3O/c1-5(4-8)7(9)3-6(2)11-10/h3-4,7H,8-10H2,1-2H3/b5-4+,6-3+. The van der Waals surface area contributed by atoms with Crippen LogP contribution in [0.3, 0.4) is 0 Å². The highest BCUT2D eigenvalue weighted by atomic mass is 16.6. The summed E-state index contributed by atoms with van der Waals surface area (Å²) in [5, 5.41) is 0. The van der Waals surface area contributed by atoms with E-state index < -0.39 is 0 Å². The molecule has 0 aromatic rings. The van der Waals surface area contributed by atoms with Gasteiger partial charge in [0.1, 0.15) is 5.76 Å². The molecule has 0 radical (unpaired) electrons. The molecular formula is C7H15N3O. The summed E-state index contributed by atoms with van der Waals surface area (Å²) in [4.78, 5) is 4.43. The van der Waals surface area contributed by atoms with Gasteiger partial charge in [0.15, 0.2) is 0 Å². The number of nitrogens with two attached hydrogens (primary N) is 3. The van der Waals surface area contributed by atoms with E-state index >= 15 is 0 Å². The van der Waals surface area contributed by atoms with Crippen molar-refractivity contribution in [2.24, 2.45) is 17.4 Å². The Bertz CT molecular complexity index is 175. The van der Waals surface area contributed by atoms with E-state index in [-0.39, 0.29) is 6.04 Å². The summed E-state index contributed by atoms with van der Waals surface area (Å²) >= 11 is 0. The lowest BCUT2D eigenvalue weighted by Crippen LogP contribution is -2.20. The van der Waals surface area contributed by atoms with Crippen molar-refractivity contribution in [3.05, 3.63) is 23.6 Å². The van der Waals surface area contributed by atoms with Gasteiger partial charge >= 0.3 is 0 Å². The van der Waals surface area contributed by atoms with Crippen LogP contribution in [-0.4, -0.2) is 6.04 Å². The van der Waals surface area contributed by atoms with Gasteiger partial charge in [0.25, 0.3) is 0 Å². The Kier molecular flexibility index (Phi) is 4.33. The average molecular weight is 157 g/mol. The van der Waals surface area contributed by atoms with E-state index in [1.54, 1.807) is 13.0 Å². The van der Waals surface area contributed by atoms with Gasteiger partial charge in [0.2, 0.25) is 0 Å². The van der Waals surface area contributed by atoms with Crippen LogP contribution in [0.5, 0.6) is 0 Å². The molecule has 1 unspecified atom stereocenters. The molecule has 0 rings (SSSR count). The molecule has 0 heterocycles. The van der Waals surface area contributed by atoms with E-state index in [1.165, 1.54) is 6.20 Å². The summed E-state index contributed by atoms with van der Waals surface area (Å²) in [6.07, 6.45) is 3.16. The highest BCUT2D eigenvalue weighted by Crippen LogP contribution is 2.01. The van der Waals surface area contributed by atoms with Crippen molar-refractivity contribution in [3.8, 4) is 0 Å². The van der Waals surface area contributed by atoms with Crippen LogP contribution in [-0.2, 0) is 4.84 Å². The molecule has 11 heavy (non-hydrogen) atoms. The molecule has 0 aliphatic rings. The Hall–Kier alpha value is -1.00. The zero-order chi connectivity index (χ0) is 8.85. The minimum Gasteiger partial charge on any atom is -0.417 e. The molecular weight excluding hydrogens is 142 g/mol. The number of hydrogen-bond acceptors (Lipinski definition) is 4. The molecule has 0 aromatic carbocycles. The predicted molar refractivity (Wildman–Crippen MR) is 44.9 cm³/mol. The fourth-order valence-corrected chi connectivity index (χ4v) is 0.535. The summed E-state index contributed by atoms with van der Waals surface area (Å²) < 4.78 is 0. The zero-order valence-corrected chi connectivity index (χ0v) is 6.87. The molecule has 0 aromatic heterocycles. The van der Waals surface area contributed by atoms with Crippen LogP contribution < -0.4 is 17.4 Å². The van der Waals surface area contributed by atoms with Crippen LogP contribution in [0.1, 0.15) is 13.8 Å². The van der Waals surface area contributed by atoms with Gasteiger partial charge in [0, 0.05) is 6.04 Å². The quantitative estimate of drug-likeness (QED) is 0.396. The van der Waals surface area contributed by atoms with E-state index in [0.29, 0.717) is 5.76 Å². The molecule has 4 heteroatoms. The Morgan fingerprint density at radius 3 is 2.36 bits per heavy atom. The van der Waals surface area contributed by atoms with Gasteiger partial charge in [-0.1, -0.05) is 0 Å². The molecule has 0 aliphatic carbocycles. The second-order valence-electron chi connectivity index (χ2n) is 2.33. The lowest BCUT2D eigenvalue weighted by molar-refractivity contribution is 0.221. The van der Waals surface area contributed by atoms with Crippen molar-refractivity contribution in [3.63, 3.8) is 0 Å². The van der Waals surface area contributed by atoms with Gasteiger partial charge in [-0.3, -0.25) is 0 Å². The first-order valence-electron chi connectivity index (χ1n) is 3.31. The summed E-state index contributed by atoms with van der Waals surface area (Å²) in [7, 11) is 0. The summed E-state index contributed by atoms with van der Waals surface area (Å²) in [5.74, 6) is 5.47. The van der Waals surface area contributed by atoms with Gasteiger partial charge in [-0.15, -0.1) is 0 Å². The molecule has 64 valence electrons. The van der Waals surface area contributed by atoms with Crippen molar-refractivity contribution in [2.45, 2.75) is 19.9 Å². The monoisotopic (exact) mass is 157 g/mol. The molecule has 4 nitrogen and oxygen atoms in total. The summed E-state index contributed by atoms with van der Waals surface area (Å²) in [6.45, 7) is 3.56. The Morgan fingerprint density at radius 2 is 2.00 bits per heavy atom. The van der Waals surface area contributed by atoms with Gasteiger partial charge < -0.3 is 16.3 Å². The SMILES string of the molecule is C/C(=C\C(N)/C(C)=C/N)ON. The number of allylic oxidation sites excluding steroid dienone is 1. The van der Waals surface area contributed by atoms with Crippen molar-refractivity contribution in [1.82, 2.24) is 0 Å². The molecule has 6 N–H and O–H groups in total. The number of rotatable bonds is 3. The van der Waals surface area contributed by atoms with E-state index in [9.17, 15) is 0 Å². The Balaban J connectivity index is 4.16. The van der Waals surface area contributed by atoms with E-state index in [1.807, 2.05) is 6.92 Å². The number of hydrogen-bond donors (Lipinski definition) is 3. The maximum absolute atomic E-state index is 5.64. The maximum atomic E-state index is 5.64. The first-order chi connectivity index (χ1) is 5.11. The van der Waals surface area contributed by atoms with Crippen LogP contribution in [0.2, 0.25) is 0 Å². The molecule has 0 amide bonds. The van der Waals surface area contributed by atoms with Crippen LogP contribution in [0.25, 0.3) is 0 Å². The lowest BCUT2D eigenvalue weighted by Gasteiger charge is -2.06. The molecule has 0 saturated carbocycles. The first-order valence-corrected chi connectivity index (χ1v) is 3.31. The normalized spacial score (nSPS) is 16.4. The topological polar surface area (TPSA) is 87.3 Å². The summed E-state index contributed by atoms with van der Waals surface area (Å²) in [6, 6.07) is -0.219. The third kappa shape index (κ3) is 3.64. The Morgan fingerprint density at radius 1 is 1.45 bits per heavy atom. The molecule has 0 fully saturated rings. The highest BCUT2D eigenvalue weighted by Gasteiger charge is 2.00. The largest absolute Gasteiger partial charge is 0.417 e. The van der Waals surface area contributed by atoms with Crippen LogP contribution >= 0.6 is 0 Å². The highest BCUT2D eigenvalue weighted by molar-refractivity contribution is 5.14. The van der Waals surface area contributed by atoms with Crippen molar-refractivity contribution < 1.29 is 4.84 Å². The summed E-state index contributed by atoms with van der Waals surface area (Å²) in [5.41, 5.74) is 11.8. The maximum Gasteiger partial charge on any atom is 0.118 e. The van der Waals surface area contributed by atoms with E-state index in [4.69, 9.17) is 17.4 Å². The molecule has 0 saturated heterocycles. The van der Waals surface area contributed by atoms with Crippen molar-refractivity contribution in [2.75, 3.05) is 0 Å². The molecule has 1 atom stereocenters. The average Bonchev–Trinajstić information content (AvgIpc) is 2.02.